The highest BCUT2D eigenvalue weighted by Crippen LogP contribution is 2.34. The zero-order valence-corrected chi connectivity index (χ0v) is 16.8. The van der Waals surface area contributed by atoms with E-state index in [0.717, 1.165) is 13.1 Å². The van der Waals surface area contributed by atoms with E-state index in [1.165, 1.54) is 0 Å². The van der Waals surface area contributed by atoms with Gasteiger partial charge in [0.15, 0.2) is 0 Å². The first kappa shape index (κ1) is 8.94. The number of rotatable bonds is 2. The van der Waals surface area contributed by atoms with E-state index in [-0.39, 0.29) is 0 Å². The summed E-state index contributed by atoms with van der Waals surface area (Å²) in [7, 11) is 7.12. The van der Waals surface area contributed by atoms with Crippen LogP contribution in [0.2, 0.25) is 0 Å². The summed E-state index contributed by atoms with van der Waals surface area (Å²) in [5.41, 5.74) is 0. The van der Waals surface area contributed by atoms with Crippen molar-refractivity contribution in [2.45, 2.75) is 0 Å². The number of hydrogen-bond acceptors (Lipinski definition) is 0. The highest BCUT2D eigenvalue weighted by atomic mass is 32.0. The Morgan fingerprint density at radius 1 is 0.857 bits per heavy atom. The lowest BCUT2D eigenvalue weighted by Gasteiger charge is -2.06. The van der Waals surface area contributed by atoms with Crippen LogP contribution in [-0.2, 0) is 0 Å². The molecule has 0 spiro atoms. The lowest BCUT2D eigenvalue weighted by atomic mass is 27.1. The van der Waals surface area contributed by atoms with Crippen molar-refractivity contribution in [2.24, 2.45) is 0 Å². The average molecular weight is 216 g/mol. The third-order valence-corrected chi connectivity index (χ3v) is 45.8. The third-order valence-electron chi connectivity index (χ3n) is 0.566. The molecule has 0 aromatic rings. The summed E-state index contributed by atoms with van der Waals surface area (Å²) in [5, 5.41) is 0. The molecule has 0 atom stereocenters. The van der Waals surface area contributed by atoms with Gasteiger partial charge in [0.05, 0.1) is 8.85 Å². The maximum Gasteiger partial charge on any atom is 0.0567 e. The van der Waals surface area contributed by atoms with E-state index >= 15 is 0 Å². The first-order chi connectivity index (χ1) is 3.13. The fraction of sp³-hybridized carbons (Fsp3) is 0. The molecule has 0 saturated heterocycles. The molecule has 0 radical (unpaired) electrons. The van der Waals surface area contributed by atoms with Crippen molar-refractivity contribution in [3.8, 4) is 0 Å². The Hall–Kier alpha value is 1.94. The van der Waals surface area contributed by atoms with Crippen LogP contribution in [0.4, 0.5) is 0 Å². The smallest absolute Gasteiger partial charge is 0.0567 e. The summed E-state index contributed by atoms with van der Waals surface area (Å²) in [6, 6.07) is 0. The van der Waals surface area contributed by atoms with Crippen LogP contribution in [0.25, 0.3) is 0 Å². The van der Waals surface area contributed by atoms with Crippen molar-refractivity contribution >= 4 is 61.6 Å². The van der Waals surface area contributed by atoms with Gasteiger partial charge in [-0.25, -0.2) is 0 Å². The van der Waals surface area contributed by atoms with E-state index in [0.29, 0.717) is 8.85 Å². The Labute approximate surface area is 61.7 Å². The van der Waals surface area contributed by atoms with Gasteiger partial charge in [0.1, 0.15) is 0 Å². The fourth-order valence-corrected chi connectivity index (χ4v) is 137. The summed E-state index contributed by atoms with van der Waals surface area (Å²) < 4.78 is 0. The van der Waals surface area contributed by atoms with Gasteiger partial charge in [-0.15, -0.1) is 0 Å². The van der Waals surface area contributed by atoms with Gasteiger partial charge < -0.3 is 0 Å². The monoisotopic (exact) mass is 216 g/mol. The molecule has 7 heavy (non-hydrogen) atoms. The largest absolute Gasteiger partial charge is 0.161 e. The van der Waals surface area contributed by atoms with E-state index in [4.69, 9.17) is 0 Å². The van der Waals surface area contributed by atoms with Crippen LogP contribution >= 0.6 is 13.1 Å². The lowest BCUT2D eigenvalue weighted by Crippen LogP contribution is -1.85. The Bertz CT molecular complexity index is 35.3. The Morgan fingerprint density at radius 3 is 1.14 bits per heavy atom. The minimum absolute atomic E-state index is 0.657. The second kappa shape index (κ2) is 4.79. The third kappa shape index (κ3) is 7.94. The van der Waals surface area contributed by atoms with E-state index in [1.54, 1.807) is 39.6 Å². The van der Waals surface area contributed by atoms with Gasteiger partial charge in [-0.05, 0) is 0 Å². The van der Waals surface area contributed by atoms with Crippen LogP contribution in [0.1, 0.15) is 0 Å². The van der Waals surface area contributed by atoms with Crippen LogP contribution in [0.3, 0.4) is 0 Å². The van der Waals surface area contributed by atoms with Crippen LogP contribution in [-0.4, -0.2) is 48.5 Å². The van der Waals surface area contributed by atoms with E-state index in [1.807, 2.05) is 0 Å². The minimum atomic E-state index is 0.657. The Morgan fingerprint density at radius 2 is 1.14 bits per heavy atom. The molecule has 0 aliphatic rings. The Balaban J connectivity index is 2.95. The highest BCUT2D eigenvalue weighted by molar-refractivity contribution is 8.42. The Kier molecular flexibility index (Phi) is 6.12. The molecule has 0 aliphatic heterocycles. The summed E-state index contributed by atoms with van der Waals surface area (Å²) in [4.78, 5) is 0. The first-order valence-electron chi connectivity index (χ1n) is 2.42. The van der Waals surface area contributed by atoms with Gasteiger partial charge in [-0.2, -0.15) is 13.1 Å². The van der Waals surface area contributed by atoms with Gasteiger partial charge in [-0.1, -0.05) is 0 Å². The van der Waals surface area contributed by atoms with Gasteiger partial charge in [0.25, 0.3) is 0 Å². The molecule has 7 heteroatoms. The van der Waals surface area contributed by atoms with Gasteiger partial charge in [0.2, 0.25) is 0 Å². The molecule has 0 N–H and O–H groups in total. The zero-order chi connectivity index (χ0) is 5.86. The standard InChI is InChI=1S/H14P2Si5/c3-1(4)7-2(5)6/h7H2,3-6H3. The predicted molar refractivity (Wildman–Crippen MR) is 62.1 cm³/mol. The van der Waals surface area contributed by atoms with Gasteiger partial charge >= 0.3 is 0 Å². The molecule has 0 aromatic heterocycles. The van der Waals surface area contributed by atoms with Crippen molar-refractivity contribution in [3.63, 3.8) is 0 Å². The summed E-state index contributed by atoms with van der Waals surface area (Å²) in [6.07, 6.45) is 0. The van der Waals surface area contributed by atoms with Crippen molar-refractivity contribution in [3.05, 3.63) is 0 Å². The maximum absolute atomic E-state index is 1.62. The average Bonchev–Trinajstić information content (AvgIpc) is 1.27. The number of hydrogen-bond donors (Lipinski definition) is 0. The molecule has 0 amide bonds. The van der Waals surface area contributed by atoms with Crippen molar-refractivity contribution in [1.82, 2.24) is 0 Å². The van der Waals surface area contributed by atoms with Crippen molar-refractivity contribution < 1.29 is 0 Å². The quantitative estimate of drug-likeness (QED) is 0.327. The summed E-state index contributed by atoms with van der Waals surface area (Å²) in [5.74, 6) is 0. The van der Waals surface area contributed by atoms with Crippen LogP contribution in [0.5, 0.6) is 0 Å². The van der Waals surface area contributed by atoms with Crippen molar-refractivity contribution in [1.29, 1.82) is 0 Å². The molecule has 44 valence electrons. The molecular weight excluding hydrogens is 202 g/mol. The summed E-state index contributed by atoms with van der Waals surface area (Å²) in [6.45, 7) is 1.75. The molecule has 0 unspecified atom stereocenters. The SMILES string of the molecule is [SiH3]P([SiH3])[SiH2]P([SiH3])[SiH3]. The van der Waals surface area contributed by atoms with E-state index in [2.05, 4.69) is 0 Å². The molecule has 0 rings (SSSR count). The normalized spacial score (nSPS) is 22.3. The second-order valence-corrected chi connectivity index (χ2v) is 62.1. The summed E-state index contributed by atoms with van der Waals surface area (Å²) >= 11 is 0. The van der Waals surface area contributed by atoms with Gasteiger partial charge in [-0.3, -0.25) is 0 Å². The molecule has 0 aliphatic carbocycles. The molecular formula is H14P2Si5. The lowest BCUT2D eigenvalue weighted by molar-refractivity contribution is 4.26. The zero-order valence-electron chi connectivity index (χ0n) is 5.60. The predicted octanol–water partition coefficient (Wildman–Crippen LogP) is -3.93. The molecule has 0 nitrogen and oxygen atoms in total. The molecule has 0 saturated carbocycles. The fourth-order valence-electron chi connectivity index (χ4n) is 0.566. The van der Waals surface area contributed by atoms with E-state index < -0.39 is 0 Å². The molecule has 0 heterocycles. The molecule has 0 bridgehead atoms. The van der Waals surface area contributed by atoms with Crippen LogP contribution in [0.15, 0.2) is 0 Å². The van der Waals surface area contributed by atoms with E-state index in [9.17, 15) is 0 Å². The first-order valence-corrected chi connectivity index (χ1v) is 21.8. The highest BCUT2D eigenvalue weighted by Gasteiger charge is 1.95. The maximum atomic E-state index is 1.62. The molecule has 0 aromatic carbocycles. The van der Waals surface area contributed by atoms with Crippen LogP contribution < -0.4 is 0 Å². The van der Waals surface area contributed by atoms with Crippen LogP contribution in [0, 0.1) is 0 Å². The second-order valence-electron chi connectivity index (χ2n) is 2.30. The van der Waals surface area contributed by atoms with Crippen molar-refractivity contribution in [2.75, 3.05) is 0 Å². The van der Waals surface area contributed by atoms with Gasteiger partial charge in [0, 0.05) is 39.6 Å². The minimum Gasteiger partial charge on any atom is -0.161 e. The molecule has 0 fully saturated rings. The topological polar surface area (TPSA) is 0 Å².